The zero-order valence-corrected chi connectivity index (χ0v) is 18.4. The van der Waals surface area contributed by atoms with Crippen LogP contribution in [0.15, 0.2) is 65.3 Å². The summed E-state index contributed by atoms with van der Waals surface area (Å²) < 4.78 is 16.6. The molecule has 33 heavy (non-hydrogen) atoms. The molecular weight excluding hydrogens is 442 g/mol. The van der Waals surface area contributed by atoms with E-state index in [0.717, 1.165) is 60.3 Å². The number of benzene rings is 2. The predicted octanol–water partition coefficient (Wildman–Crippen LogP) is 4.51. The van der Waals surface area contributed by atoms with Crippen LogP contribution in [0.4, 0.5) is 11.5 Å². The van der Waals surface area contributed by atoms with Gasteiger partial charge in [0.2, 0.25) is 12.6 Å². The summed E-state index contributed by atoms with van der Waals surface area (Å²) in [5, 5.41) is 4.82. The number of halogens is 1. The number of aromatic nitrogens is 3. The highest BCUT2D eigenvalue weighted by Crippen LogP contribution is 2.36. The van der Waals surface area contributed by atoms with E-state index in [-0.39, 0.29) is 6.79 Å². The van der Waals surface area contributed by atoms with E-state index in [1.165, 1.54) is 0 Å². The first kappa shape index (κ1) is 19.9. The second kappa shape index (κ2) is 8.29. The van der Waals surface area contributed by atoms with Gasteiger partial charge in [0.15, 0.2) is 11.5 Å². The molecule has 2 aromatic carbocycles. The molecule has 1 fully saturated rings. The zero-order chi connectivity index (χ0) is 22.2. The molecule has 0 bridgehead atoms. The lowest BCUT2D eigenvalue weighted by Gasteiger charge is -2.37. The fourth-order valence-electron chi connectivity index (χ4n) is 4.12. The van der Waals surface area contributed by atoms with E-state index in [9.17, 15) is 0 Å². The summed E-state index contributed by atoms with van der Waals surface area (Å²) >= 11 is 5.99. The second-order valence-corrected chi connectivity index (χ2v) is 8.25. The number of fused-ring (bicyclic) bond motifs is 1. The molecule has 2 aliphatic rings. The maximum atomic E-state index is 5.99. The summed E-state index contributed by atoms with van der Waals surface area (Å²) in [6, 6.07) is 17.3. The molecule has 1 saturated heterocycles. The van der Waals surface area contributed by atoms with Gasteiger partial charge in [0.1, 0.15) is 5.82 Å². The second-order valence-electron chi connectivity index (χ2n) is 7.82. The molecule has 166 valence electrons. The highest BCUT2D eigenvalue weighted by molar-refractivity contribution is 6.30. The molecule has 0 radical (unpaired) electrons. The third kappa shape index (κ3) is 3.82. The van der Waals surface area contributed by atoms with E-state index in [2.05, 4.69) is 31.0 Å². The normalized spacial score (nSPS) is 15.2. The number of ether oxygens (including phenoxy) is 2. The minimum atomic E-state index is 0.282. The molecule has 2 aliphatic heterocycles. The van der Waals surface area contributed by atoms with Crippen molar-refractivity contribution in [1.82, 2.24) is 15.1 Å². The molecule has 4 heterocycles. The largest absolute Gasteiger partial charge is 0.454 e. The van der Waals surface area contributed by atoms with Crippen molar-refractivity contribution in [3.8, 4) is 34.3 Å². The van der Waals surface area contributed by atoms with Crippen LogP contribution in [-0.4, -0.2) is 48.1 Å². The highest BCUT2D eigenvalue weighted by Gasteiger charge is 2.24. The van der Waals surface area contributed by atoms with Crippen molar-refractivity contribution in [2.45, 2.75) is 0 Å². The van der Waals surface area contributed by atoms with Gasteiger partial charge in [0.25, 0.3) is 5.89 Å². The van der Waals surface area contributed by atoms with Crippen LogP contribution >= 0.6 is 11.6 Å². The van der Waals surface area contributed by atoms with E-state index in [1.54, 1.807) is 6.20 Å². The Morgan fingerprint density at radius 3 is 2.48 bits per heavy atom. The van der Waals surface area contributed by atoms with Crippen molar-refractivity contribution in [3.63, 3.8) is 0 Å². The van der Waals surface area contributed by atoms with Crippen molar-refractivity contribution in [2.75, 3.05) is 42.8 Å². The molecule has 0 atom stereocenters. The third-order valence-electron chi connectivity index (χ3n) is 5.85. The molecule has 0 aliphatic carbocycles. The SMILES string of the molecule is Clc1ccc(-c2noc(-c3cccnc3N3CCN(c4ccc5c(c4)OCO5)CC3)n2)cc1. The summed E-state index contributed by atoms with van der Waals surface area (Å²) in [4.78, 5) is 13.8. The minimum Gasteiger partial charge on any atom is -0.454 e. The molecule has 4 aromatic rings. The van der Waals surface area contributed by atoms with Crippen molar-refractivity contribution in [2.24, 2.45) is 0 Å². The topological polar surface area (TPSA) is 76.8 Å². The van der Waals surface area contributed by atoms with Gasteiger partial charge in [-0.1, -0.05) is 16.8 Å². The van der Waals surface area contributed by atoms with E-state index in [0.29, 0.717) is 16.7 Å². The molecule has 0 N–H and O–H groups in total. The van der Waals surface area contributed by atoms with Gasteiger partial charge in [-0.05, 0) is 48.5 Å². The third-order valence-corrected chi connectivity index (χ3v) is 6.10. The summed E-state index contributed by atoms with van der Waals surface area (Å²) in [5.41, 5.74) is 2.79. The Labute approximate surface area is 195 Å². The van der Waals surface area contributed by atoms with Gasteiger partial charge >= 0.3 is 0 Å². The molecule has 0 spiro atoms. The molecular formula is C24H20ClN5O3. The van der Waals surface area contributed by atoms with Crippen LogP contribution in [0.3, 0.4) is 0 Å². The molecule has 6 rings (SSSR count). The molecule has 0 unspecified atom stereocenters. The van der Waals surface area contributed by atoms with Gasteiger partial charge in [0.05, 0.1) is 5.56 Å². The predicted molar refractivity (Wildman–Crippen MR) is 125 cm³/mol. The highest BCUT2D eigenvalue weighted by atomic mass is 35.5. The molecule has 0 saturated carbocycles. The lowest BCUT2D eigenvalue weighted by Crippen LogP contribution is -2.47. The quantitative estimate of drug-likeness (QED) is 0.439. The van der Waals surface area contributed by atoms with Gasteiger partial charge in [-0.25, -0.2) is 4.98 Å². The van der Waals surface area contributed by atoms with E-state index in [4.69, 9.17) is 25.6 Å². The van der Waals surface area contributed by atoms with Crippen LogP contribution in [0.1, 0.15) is 0 Å². The lowest BCUT2D eigenvalue weighted by molar-refractivity contribution is 0.174. The first-order valence-corrected chi connectivity index (χ1v) is 11.1. The summed E-state index contributed by atoms with van der Waals surface area (Å²) in [6.45, 7) is 3.63. The van der Waals surface area contributed by atoms with Gasteiger partial charge in [-0.15, -0.1) is 0 Å². The van der Waals surface area contributed by atoms with E-state index >= 15 is 0 Å². The maximum absolute atomic E-state index is 5.99. The molecule has 8 nitrogen and oxygen atoms in total. The monoisotopic (exact) mass is 461 g/mol. The Morgan fingerprint density at radius 2 is 1.64 bits per heavy atom. The van der Waals surface area contributed by atoms with Crippen LogP contribution in [0.5, 0.6) is 11.5 Å². The van der Waals surface area contributed by atoms with Gasteiger partial charge in [-0.2, -0.15) is 4.98 Å². The summed E-state index contributed by atoms with van der Waals surface area (Å²) in [5.74, 6) is 3.40. The van der Waals surface area contributed by atoms with Crippen LogP contribution in [0.25, 0.3) is 22.8 Å². The first-order valence-electron chi connectivity index (χ1n) is 10.7. The summed E-state index contributed by atoms with van der Waals surface area (Å²) in [6.07, 6.45) is 1.79. The van der Waals surface area contributed by atoms with Crippen LogP contribution < -0.4 is 19.3 Å². The zero-order valence-electron chi connectivity index (χ0n) is 17.6. The Kier molecular flexibility index (Phi) is 4.99. The van der Waals surface area contributed by atoms with Crippen LogP contribution in [-0.2, 0) is 0 Å². The number of hydrogen-bond donors (Lipinski definition) is 0. The standard InChI is InChI=1S/C24H20ClN5O3/c25-17-5-3-16(4-6-17)22-27-24(33-28-22)19-2-1-9-26-23(19)30-12-10-29(11-13-30)18-7-8-20-21(14-18)32-15-31-20/h1-9,14H,10-13,15H2. The molecule has 2 aromatic heterocycles. The average molecular weight is 462 g/mol. The number of anilines is 2. The number of pyridine rings is 1. The Hall–Kier alpha value is -3.78. The smallest absolute Gasteiger partial charge is 0.261 e. The maximum Gasteiger partial charge on any atom is 0.261 e. The summed E-state index contributed by atoms with van der Waals surface area (Å²) in [7, 11) is 0. The Morgan fingerprint density at radius 1 is 0.848 bits per heavy atom. The van der Waals surface area contributed by atoms with Crippen LogP contribution in [0, 0.1) is 0 Å². The van der Waals surface area contributed by atoms with Gasteiger partial charge < -0.3 is 23.8 Å². The van der Waals surface area contributed by atoms with Crippen molar-refractivity contribution >= 4 is 23.1 Å². The molecule has 0 amide bonds. The fourth-order valence-corrected chi connectivity index (χ4v) is 4.25. The Balaban J connectivity index is 1.21. The van der Waals surface area contributed by atoms with Gasteiger partial charge in [-0.3, -0.25) is 0 Å². The van der Waals surface area contributed by atoms with Gasteiger partial charge in [0, 0.05) is 54.7 Å². The minimum absolute atomic E-state index is 0.282. The average Bonchev–Trinajstić information content (AvgIpc) is 3.54. The number of nitrogens with zero attached hydrogens (tertiary/aromatic N) is 5. The lowest BCUT2D eigenvalue weighted by atomic mass is 10.2. The van der Waals surface area contributed by atoms with E-state index in [1.807, 2.05) is 48.5 Å². The van der Waals surface area contributed by atoms with Crippen molar-refractivity contribution in [3.05, 3.63) is 65.8 Å². The fraction of sp³-hybridized carbons (Fsp3) is 0.208. The Bertz CT molecular complexity index is 1290. The number of hydrogen-bond acceptors (Lipinski definition) is 8. The van der Waals surface area contributed by atoms with Crippen LogP contribution in [0.2, 0.25) is 5.02 Å². The van der Waals surface area contributed by atoms with Crippen molar-refractivity contribution in [1.29, 1.82) is 0 Å². The van der Waals surface area contributed by atoms with Crippen molar-refractivity contribution < 1.29 is 14.0 Å². The van der Waals surface area contributed by atoms with E-state index < -0.39 is 0 Å². The molecule has 9 heteroatoms. The first-order chi connectivity index (χ1) is 16.2. The number of rotatable bonds is 4. The number of piperazine rings is 1.